The van der Waals surface area contributed by atoms with E-state index in [9.17, 15) is 0 Å². The van der Waals surface area contributed by atoms with Crippen molar-refractivity contribution in [2.45, 2.75) is 78.6 Å². The molecule has 0 aromatic rings. The average molecular weight is 365 g/mol. The monoisotopic (exact) mass is 364 g/mol. The molecule has 1 rings (SSSR count). The van der Waals surface area contributed by atoms with Gasteiger partial charge in [-0.1, -0.05) is 89.7 Å². The van der Waals surface area contributed by atoms with Crippen molar-refractivity contribution in [1.29, 1.82) is 0 Å². The van der Waals surface area contributed by atoms with Crippen molar-refractivity contribution < 1.29 is 0 Å². The molecule has 0 nitrogen and oxygen atoms in total. The van der Waals surface area contributed by atoms with Crippen LogP contribution in [-0.4, -0.2) is 32.3 Å². The van der Waals surface area contributed by atoms with Crippen LogP contribution in [0.15, 0.2) is 21.2 Å². The molecular formula is C18H36Si4. The Balaban J connectivity index is 3.61. The Morgan fingerprint density at radius 1 is 0.500 bits per heavy atom. The van der Waals surface area contributed by atoms with Gasteiger partial charge in [-0.2, -0.15) is 0 Å². The topological polar surface area (TPSA) is 0 Å². The van der Waals surface area contributed by atoms with E-state index in [1.807, 2.05) is 5.20 Å². The molecule has 0 aliphatic heterocycles. The lowest BCUT2D eigenvalue weighted by Gasteiger charge is -2.45. The van der Waals surface area contributed by atoms with Crippen molar-refractivity contribution in [2.24, 2.45) is 0 Å². The summed E-state index contributed by atoms with van der Waals surface area (Å²) in [5.41, 5.74) is 5.16. The van der Waals surface area contributed by atoms with Gasteiger partial charge in [0.05, 0.1) is 24.2 Å². The minimum Gasteiger partial charge on any atom is -0.127 e. The number of hydrogen-bond acceptors (Lipinski definition) is 0. The minimum atomic E-state index is -1.34. The van der Waals surface area contributed by atoms with Crippen LogP contribution in [-0.2, 0) is 0 Å². The van der Waals surface area contributed by atoms with E-state index in [4.69, 9.17) is 0 Å². The van der Waals surface area contributed by atoms with E-state index in [0.717, 1.165) is 0 Å². The molecule has 0 N–H and O–H groups in total. The SMILES string of the molecule is C[Si](C)(C)C#CC1=C([Si](C)(C)C)C([Si](C)(C)C)=C1[Si](C)(C)C. The van der Waals surface area contributed by atoms with Crippen LogP contribution < -0.4 is 0 Å². The van der Waals surface area contributed by atoms with E-state index in [0.29, 0.717) is 0 Å². The fraction of sp³-hybridized carbons (Fsp3) is 0.667. The molecule has 0 amide bonds. The molecule has 0 saturated carbocycles. The van der Waals surface area contributed by atoms with Crippen LogP contribution in [0.25, 0.3) is 0 Å². The van der Waals surface area contributed by atoms with Gasteiger partial charge in [-0.15, -0.1) is 5.54 Å². The maximum Gasteiger partial charge on any atom is 0.129 e. The second-order valence-corrected chi connectivity index (χ2v) is 30.5. The predicted octanol–water partition coefficient (Wildman–Crippen LogP) is 6.11. The molecule has 0 atom stereocenters. The van der Waals surface area contributed by atoms with Gasteiger partial charge in [-0.3, -0.25) is 0 Å². The molecule has 0 unspecified atom stereocenters. The van der Waals surface area contributed by atoms with Gasteiger partial charge in [0.1, 0.15) is 8.07 Å². The summed E-state index contributed by atoms with van der Waals surface area (Å²) in [7, 11) is -5.29. The molecule has 0 fully saturated rings. The first-order chi connectivity index (χ1) is 9.46. The largest absolute Gasteiger partial charge is 0.129 e. The van der Waals surface area contributed by atoms with Crippen LogP contribution in [0.3, 0.4) is 0 Å². The van der Waals surface area contributed by atoms with Gasteiger partial charge in [0, 0.05) is 5.57 Å². The van der Waals surface area contributed by atoms with Crippen LogP contribution in [0.2, 0.25) is 78.6 Å². The molecule has 0 radical (unpaired) electrons. The molecular weight excluding hydrogens is 329 g/mol. The first-order valence-corrected chi connectivity index (χ1v) is 22.5. The lowest BCUT2D eigenvalue weighted by molar-refractivity contribution is 1.35. The Morgan fingerprint density at radius 2 is 0.864 bits per heavy atom. The standard InChI is InChI=1S/C18H36Si4/c1-19(2,3)14-13-15-16(20(4,5)6)18(22(10,11)12)17(15)21(7,8)9/h1-12H3. The van der Waals surface area contributed by atoms with Crippen molar-refractivity contribution in [2.75, 3.05) is 0 Å². The number of rotatable bonds is 3. The van der Waals surface area contributed by atoms with Crippen molar-refractivity contribution in [1.82, 2.24) is 0 Å². The zero-order valence-corrected chi connectivity index (χ0v) is 21.0. The van der Waals surface area contributed by atoms with Crippen LogP contribution in [0.4, 0.5) is 0 Å². The summed E-state index contributed by atoms with van der Waals surface area (Å²) in [6.07, 6.45) is 0. The van der Waals surface area contributed by atoms with Crippen LogP contribution in [0.5, 0.6) is 0 Å². The lowest BCUT2D eigenvalue weighted by atomic mass is 10.1. The maximum absolute atomic E-state index is 3.70. The van der Waals surface area contributed by atoms with Crippen LogP contribution >= 0.6 is 0 Å². The molecule has 0 spiro atoms. The number of allylic oxidation sites excluding steroid dienone is 4. The molecule has 0 aromatic carbocycles. The van der Waals surface area contributed by atoms with E-state index in [2.05, 4.69) is 90.0 Å². The Labute approximate surface area is 143 Å². The second-order valence-electron chi connectivity index (χ2n) is 10.8. The van der Waals surface area contributed by atoms with Crippen molar-refractivity contribution in [3.63, 3.8) is 0 Å². The first kappa shape index (κ1) is 20.0. The first-order valence-electron chi connectivity index (χ1n) is 8.50. The lowest BCUT2D eigenvalue weighted by Crippen LogP contribution is -2.47. The minimum absolute atomic E-state index is 1.30. The summed E-state index contributed by atoms with van der Waals surface area (Å²) in [5, 5.41) is 5.27. The third-order valence-electron chi connectivity index (χ3n) is 3.81. The molecule has 0 aromatic heterocycles. The van der Waals surface area contributed by atoms with Gasteiger partial charge in [0.15, 0.2) is 0 Å². The molecule has 124 valence electrons. The summed E-state index contributed by atoms with van der Waals surface area (Å²) in [6.45, 7) is 29.6. The van der Waals surface area contributed by atoms with Gasteiger partial charge in [-0.25, -0.2) is 0 Å². The summed E-state index contributed by atoms with van der Waals surface area (Å²) in [5.74, 6) is 3.70. The Kier molecular flexibility index (Phi) is 5.23. The van der Waals surface area contributed by atoms with Crippen molar-refractivity contribution in [3.8, 4) is 11.5 Å². The normalized spacial score (nSPS) is 17.3. The Morgan fingerprint density at radius 3 is 1.14 bits per heavy atom. The quantitative estimate of drug-likeness (QED) is 0.419. The van der Waals surface area contributed by atoms with Crippen LogP contribution in [0.1, 0.15) is 0 Å². The molecule has 4 heteroatoms. The fourth-order valence-electron chi connectivity index (χ4n) is 3.06. The van der Waals surface area contributed by atoms with Gasteiger partial charge >= 0.3 is 0 Å². The van der Waals surface area contributed by atoms with Crippen molar-refractivity contribution >= 4 is 32.3 Å². The van der Waals surface area contributed by atoms with E-state index in [-0.39, 0.29) is 0 Å². The third kappa shape index (κ3) is 4.47. The summed E-state index contributed by atoms with van der Waals surface area (Å²) >= 11 is 0. The molecule has 0 saturated heterocycles. The zero-order valence-electron chi connectivity index (χ0n) is 17.0. The van der Waals surface area contributed by atoms with Crippen molar-refractivity contribution in [3.05, 3.63) is 21.2 Å². The van der Waals surface area contributed by atoms with Crippen LogP contribution in [0, 0.1) is 11.5 Å². The molecule has 1 aliphatic carbocycles. The summed E-state index contributed by atoms with van der Waals surface area (Å²) < 4.78 is 0. The Bertz CT molecular complexity index is 583. The second kappa shape index (κ2) is 5.77. The summed E-state index contributed by atoms with van der Waals surface area (Å²) in [6, 6.07) is 0. The molecule has 22 heavy (non-hydrogen) atoms. The molecule has 0 bridgehead atoms. The average Bonchev–Trinajstić information content (AvgIpc) is 2.05. The highest BCUT2D eigenvalue weighted by Gasteiger charge is 2.45. The van der Waals surface area contributed by atoms with Gasteiger partial charge in [0.25, 0.3) is 0 Å². The van der Waals surface area contributed by atoms with Gasteiger partial charge in [-0.05, 0) is 10.4 Å². The zero-order chi connectivity index (χ0) is 17.7. The Hall–Kier alpha value is -0.0925. The third-order valence-corrected chi connectivity index (χ3v) is 11.2. The predicted molar refractivity (Wildman–Crippen MR) is 115 cm³/mol. The van der Waals surface area contributed by atoms with Gasteiger partial charge < -0.3 is 0 Å². The van der Waals surface area contributed by atoms with E-state index in [1.165, 1.54) is 5.57 Å². The van der Waals surface area contributed by atoms with Gasteiger partial charge in [0.2, 0.25) is 0 Å². The highest BCUT2D eigenvalue weighted by atomic mass is 28.3. The molecule has 1 aliphatic rings. The highest BCUT2D eigenvalue weighted by molar-refractivity contribution is 6.97. The summed E-state index contributed by atoms with van der Waals surface area (Å²) in [4.78, 5) is 0. The van der Waals surface area contributed by atoms with E-state index >= 15 is 0 Å². The molecule has 0 heterocycles. The smallest absolute Gasteiger partial charge is 0.127 e. The van der Waals surface area contributed by atoms with E-state index in [1.54, 1.807) is 10.4 Å². The maximum atomic E-state index is 3.70. The van der Waals surface area contributed by atoms with E-state index < -0.39 is 32.3 Å². The highest BCUT2D eigenvalue weighted by Crippen LogP contribution is 2.48. The fourth-order valence-corrected chi connectivity index (χ4v) is 13.7. The number of hydrogen-bond donors (Lipinski definition) is 0.